The monoisotopic (exact) mass is 212 g/mol. The van der Waals surface area contributed by atoms with Gasteiger partial charge in [-0.1, -0.05) is 13.8 Å². The number of methoxy groups -OCH3 is 1. The molecule has 0 aliphatic carbocycles. The van der Waals surface area contributed by atoms with Crippen molar-refractivity contribution in [1.82, 2.24) is 0 Å². The fraction of sp³-hybridized carbons (Fsp3) is 0.500. The zero-order chi connectivity index (χ0) is 11.3. The highest BCUT2D eigenvalue weighted by Gasteiger charge is 2.07. The Hall–Kier alpha value is -1.09. The van der Waals surface area contributed by atoms with Crippen molar-refractivity contribution in [1.29, 1.82) is 0 Å². The van der Waals surface area contributed by atoms with Crippen molar-refractivity contribution in [2.24, 2.45) is 0 Å². The van der Waals surface area contributed by atoms with E-state index in [9.17, 15) is 4.39 Å². The molecule has 0 fully saturated rings. The average molecular weight is 212 g/mol. The first kappa shape index (κ1) is 12.0. The Morgan fingerprint density at radius 2 is 2.00 bits per heavy atom. The molecule has 1 aromatic carbocycles. The lowest BCUT2D eigenvalue weighted by atomic mass is 10.0. The van der Waals surface area contributed by atoms with E-state index >= 15 is 0 Å². The van der Waals surface area contributed by atoms with Gasteiger partial charge in [0.25, 0.3) is 0 Å². The molecule has 0 heterocycles. The minimum atomic E-state index is -0.177. The van der Waals surface area contributed by atoms with Gasteiger partial charge in [0.15, 0.2) is 0 Å². The van der Waals surface area contributed by atoms with Crippen molar-refractivity contribution in [3.05, 3.63) is 29.6 Å². The van der Waals surface area contributed by atoms with Crippen LogP contribution in [0.2, 0.25) is 0 Å². The highest BCUT2D eigenvalue weighted by Crippen LogP contribution is 2.23. The van der Waals surface area contributed by atoms with Gasteiger partial charge >= 0.3 is 0 Å². The molecule has 0 aliphatic heterocycles. The molecular formula is C12H17FO2. The number of halogens is 1. The van der Waals surface area contributed by atoms with Crippen LogP contribution in [0, 0.1) is 5.82 Å². The summed E-state index contributed by atoms with van der Waals surface area (Å²) in [5.41, 5.74) is 0.685. The maximum atomic E-state index is 13.3. The molecule has 1 rings (SSSR count). The molecule has 84 valence electrons. The Morgan fingerprint density at radius 3 is 2.60 bits per heavy atom. The zero-order valence-electron chi connectivity index (χ0n) is 9.42. The second-order valence-corrected chi connectivity index (χ2v) is 3.68. The van der Waals surface area contributed by atoms with Gasteiger partial charge in [-0.25, -0.2) is 4.39 Å². The quantitative estimate of drug-likeness (QED) is 0.698. The molecule has 0 unspecified atom stereocenters. The molecule has 0 atom stereocenters. The predicted octanol–water partition coefficient (Wildman–Crippen LogP) is 2.97. The van der Waals surface area contributed by atoms with E-state index in [-0.39, 0.29) is 11.7 Å². The second-order valence-electron chi connectivity index (χ2n) is 3.68. The molecule has 0 aliphatic rings. The van der Waals surface area contributed by atoms with Crippen molar-refractivity contribution in [2.45, 2.75) is 19.8 Å². The first-order chi connectivity index (χ1) is 7.15. The fourth-order valence-corrected chi connectivity index (χ4v) is 1.30. The van der Waals surface area contributed by atoms with Crippen LogP contribution in [-0.4, -0.2) is 20.3 Å². The lowest BCUT2D eigenvalue weighted by molar-refractivity contribution is 0.146. The summed E-state index contributed by atoms with van der Waals surface area (Å²) in [6, 6.07) is 4.82. The van der Waals surface area contributed by atoms with Crippen molar-refractivity contribution >= 4 is 0 Å². The molecule has 1 aromatic rings. The first-order valence-electron chi connectivity index (χ1n) is 5.06. The van der Waals surface area contributed by atoms with Gasteiger partial charge in [-0.3, -0.25) is 0 Å². The smallest absolute Gasteiger partial charge is 0.126 e. The SMILES string of the molecule is COCCOc1ccc(F)c(C(C)C)c1. The van der Waals surface area contributed by atoms with Crippen LogP contribution in [0.1, 0.15) is 25.3 Å². The summed E-state index contributed by atoms with van der Waals surface area (Å²) >= 11 is 0. The molecule has 0 saturated heterocycles. The van der Waals surface area contributed by atoms with Crippen LogP contribution in [0.5, 0.6) is 5.75 Å². The predicted molar refractivity (Wildman–Crippen MR) is 57.9 cm³/mol. The molecule has 0 amide bonds. The van der Waals surface area contributed by atoms with Crippen LogP contribution in [0.25, 0.3) is 0 Å². The summed E-state index contributed by atoms with van der Waals surface area (Å²) in [4.78, 5) is 0. The summed E-state index contributed by atoms with van der Waals surface area (Å²) in [5.74, 6) is 0.678. The van der Waals surface area contributed by atoms with Crippen molar-refractivity contribution in [3.8, 4) is 5.75 Å². The summed E-state index contributed by atoms with van der Waals surface area (Å²) in [6.45, 7) is 4.93. The van der Waals surface area contributed by atoms with E-state index in [4.69, 9.17) is 9.47 Å². The second kappa shape index (κ2) is 5.71. The summed E-state index contributed by atoms with van der Waals surface area (Å²) < 4.78 is 23.6. The highest BCUT2D eigenvalue weighted by atomic mass is 19.1. The fourth-order valence-electron chi connectivity index (χ4n) is 1.30. The molecule has 2 nitrogen and oxygen atoms in total. The van der Waals surface area contributed by atoms with Crippen LogP contribution in [-0.2, 0) is 4.74 Å². The average Bonchev–Trinajstić information content (AvgIpc) is 2.20. The summed E-state index contributed by atoms with van der Waals surface area (Å²) in [5, 5.41) is 0. The Morgan fingerprint density at radius 1 is 1.27 bits per heavy atom. The van der Waals surface area contributed by atoms with Gasteiger partial charge in [0.05, 0.1) is 6.61 Å². The number of rotatable bonds is 5. The molecule has 0 spiro atoms. The molecule has 0 radical (unpaired) electrons. The van der Waals surface area contributed by atoms with Crippen molar-refractivity contribution < 1.29 is 13.9 Å². The van der Waals surface area contributed by atoms with Gasteiger partial charge in [-0.2, -0.15) is 0 Å². The molecule has 3 heteroatoms. The van der Waals surface area contributed by atoms with Gasteiger partial charge in [0.2, 0.25) is 0 Å². The molecule has 15 heavy (non-hydrogen) atoms. The van der Waals surface area contributed by atoms with E-state index in [0.29, 0.717) is 24.5 Å². The third kappa shape index (κ3) is 3.51. The van der Waals surface area contributed by atoms with Gasteiger partial charge < -0.3 is 9.47 Å². The van der Waals surface area contributed by atoms with E-state index in [0.717, 1.165) is 0 Å². The molecular weight excluding hydrogens is 195 g/mol. The largest absolute Gasteiger partial charge is 0.491 e. The molecule has 0 aromatic heterocycles. The number of benzene rings is 1. The molecule has 0 N–H and O–H groups in total. The van der Waals surface area contributed by atoms with Crippen LogP contribution < -0.4 is 4.74 Å². The lowest BCUT2D eigenvalue weighted by Gasteiger charge is -2.10. The standard InChI is InChI=1S/C12H17FO2/c1-9(2)11-8-10(4-5-12(11)13)15-7-6-14-3/h4-5,8-9H,6-7H2,1-3H3. The Bertz CT molecular complexity index is 310. The van der Waals surface area contributed by atoms with Crippen LogP contribution in [0.3, 0.4) is 0 Å². The third-order valence-electron chi connectivity index (χ3n) is 2.15. The third-order valence-corrected chi connectivity index (χ3v) is 2.15. The number of ether oxygens (including phenoxy) is 2. The maximum absolute atomic E-state index is 13.3. The zero-order valence-corrected chi connectivity index (χ0v) is 9.42. The lowest BCUT2D eigenvalue weighted by Crippen LogP contribution is -2.05. The van der Waals surface area contributed by atoms with Gasteiger partial charge in [0, 0.05) is 7.11 Å². The maximum Gasteiger partial charge on any atom is 0.126 e. The molecule has 0 bridgehead atoms. The normalized spacial score (nSPS) is 10.7. The van der Waals surface area contributed by atoms with Crippen LogP contribution in [0.4, 0.5) is 4.39 Å². The minimum Gasteiger partial charge on any atom is -0.491 e. The van der Waals surface area contributed by atoms with Crippen LogP contribution >= 0.6 is 0 Å². The number of hydrogen-bond acceptors (Lipinski definition) is 2. The van der Waals surface area contributed by atoms with E-state index in [1.165, 1.54) is 6.07 Å². The van der Waals surface area contributed by atoms with Crippen molar-refractivity contribution in [3.63, 3.8) is 0 Å². The first-order valence-corrected chi connectivity index (χ1v) is 5.06. The Kier molecular flexibility index (Phi) is 4.56. The van der Waals surface area contributed by atoms with E-state index in [2.05, 4.69) is 0 Å². The van der Waals surface area contributed by atoms with Crippen molar-refractivity contribution in [2.75, 3.05) is 20.3 Å². The summed E-state index contributed by atoms with van der Waals surface area (Å²) in [7, 11) is 1.62. The van der Waals surface area contributed by atoms with Gasteiger partial charge in [-0.05, 0) is 29.7 Å². The number of hydrogen-bond donors (Lipinski definition) is 0. The molecule has 0 saturated carbocycles. The van der Waals surface area contributed by atoms with Crippen LogP contribution in [0.15, 0.2) is 18.2 Å². The summed E-state index contributed by atoms with van der Waals surface area (Å²) in [6.07, 6.45) is 0. The van der Waals surface area contributed by atoms with Gasteiger partial charge in [0.1, 0.15) is 18.2 Å². The van der Waals surface area contributed by atoms with E-state index in [1.54, 1.807) is 19.2 Å². The topological polar surface area (TPSA) is 18.5 Å². The van der Waals surface area contributed by atoms with E-state index in [1.807, 2.05) is 13.8 Å². The highest BCUT2D eigenvalue weighted by molar-refractivity contribution is 5.31. The minimum absolute atomic E-state index is 0.163. The Balaban J connectivity index is 2.70. The van der Waals surface area contributed by atoms with E-state index < -0.39 is 0 Å². The Labute approximate surface area is 90.0 Å². The van der Waals surface area contributed by atoms with Gasteiger partial charge in [-0.15, -0.1) is 0 Å².